The van der Waals surface area contributed by atoms with E-state index in [1.807, 2.05) is 6.92 Å². The van der Waals surface area contributed by atoms with Crippen molar-refractivity contribution in [2.75, 3.05) is 6.61 Å². The third-order valence-corrected chi connectivity index (χ3v) is 2.06. The first kappa shape index (κ1) is 11.3. The molecule has 0 aromatic heterocycles. The predicted molar refractivity (Wildman–Crippen MR) is 56.7 cm³/mol. The van der Waals surface area contributed by atoms with Crippen LogP contribution in [0.25, 0.3) is 0 Å². The summed E-state index contributed by atoms with van der Waals surface area (Å²) < 4.78 is 5.41. The van der Waals surface area contributed by atoms with E-state index in [0.717, 1.165) is 12.0 Å². The average molecular weight is 203 g/mol. The van der Waals surface area contributed by atoms with Crippen molar-refractivity contribution in [3.63, 3.8) is 0 Å². The van der Waals surface area contributed by atoms with Crippen molar-refractivity contribution in [3.05, 3.63) is 29.8 Å². The maximum Gasteiger partial charge on any atom is 0.150 e. The van der Waals surface area contributed by atoms with Gasteiger partial charge in [-0.05, 0) is 37.6 Å². The summed E-state index contributed by atoms with van der Waals surface area (Å²) in [4.78, 5) is 10.4. The molecule has 0 saturated carbocycles. The van der Waals surface area contributed by atoms with Crippen LogP contribution in [-0.2, 0) is 0 Å². The molecule has 0 bridgehead atoms. The smallest absolute Gasteiger partial charge is 0.150 e. The highest BCUT2D eigenvalue weighted by Gasteiger charge is 2.00. The molecule has 3 heteroatoms. The van der Waals surface area contributed by atoms with Crippen molar-refractivity contribution in [2.45, 2.75) is 13.3 Å². The fraction of sp³-hybridized carbons (Fsp3) is 0.333. The molecule has 15 heavy (non-hydrogen) atoms. The summed E-state index contributed by atoms with van der Waals surface area (Å²) >= 11 is 0. The lowest BCUT2D eigenvalue weighted by atomic mass is 10.1. The van der Waals surface area contributed by atoms with Gasteiger partial charge in [-0.25, -0.2) is 0 Å². The minimum absolute atomic E-state index is 0.0132. The number of aldehydes is 1. The molecule has 78 valence electrons. The van der Waals surface area contributed by atoms with E-state index < -0.39 is 0 Å². The van der Waals surface area contributed by atoms with Crippen LogP contribution in [0, 0.1) is 17.2 Å². The highest BCUT2D eigenvalue weighted by Crippen LogP contribution is 2.12. The van der Waals surface area contributed by atoms with Crippen LogP contribution in [0.5, 0.6) is 5.75 Å². The van der Waals surface area contributed by atoms with Crippen LogP contribution in [0.3, 0.4) is 0 Å². The Bertz CT molecular complexity index is 351. The number of carbonyl (C=O) groups is 1. The van der Waals surface area contributed by atoms with Gasteiger partial charge in [-0.2, -0.15) is 5.26 Å². The van der Waals surface area contributed by atoms with E-state index in [1.54, 1.807) is 24.3 Å². The number of rotatable bonds is 5. The Morgan fingerprint density at radius 2 is 2.13 bits per heavy atom. The first-order chi connectivity index (χ1) is 7.26. The van der Waals surface area contributed by atoms with Crippen molar-refractivity contribution in [1.29, 1.82) is 5.26 Å². The summed E-state index contributed by atoms with van der Waals surface area (Å²) in [5, 5.41) is 8.56. The third kappa shape index (κ3) is 3.82. The molecule has 1 rings (SSSR count). The minimum atomic E-state index is 0.0132. The SMILES string of the molecule is CC(C#N)CCOc1ccc(C=O)cc1. The molecule has 0 saturated heterocycles. The standard InChI is InChI=1S/C12H13NO2/c1-10(8-13)6-7-15-12-4-2-11(9-14)3-5-12/h2-5,9-10H,6-7H2,1H3. The van der Waals surface area contributed by atoms with E-state index in [-0.39, 0.29) is 5.92 Å². The van der Waals surface area contributed by atoms with Crippen molar-refractivity contribution >= 4 is 6.29 Å². The first-order valence-electron chi connectivity index (χ1n) is 4.84. The van der Waals surface area contributed by atoms with Crippen LogP contribution in [0.2, 0.25) is 0 Å². The summed E-state index contributed by atoms with van der Waals surface area (Å²) in [6.07, 6.45) is 1.51. The number of benzene rings is 1. The van der Waals surface area contributed by atoms with Gasteiger partial charge in [0.1, 0.15) is 12.0 Å². The molecule has 0 radical (unpaired) electrons. The van der Waals surface area contributed by atoms with E-state index in [4.69, 9.17) is 10.00 Å². The molecule has 1 atom stereocenters. The zero-order valence-corrected chi connectivity index (χ0v) is 8.64. The normalized spacial score (nSPS) is 11.5. The van der Waals surface area contributed by atoms with Crippen LogP contribution in [-0.4, -0.2) is 12.9 Å². The lowest BCUT2D eigenvalue weighted by Gasteiger charge is -2.06. The fourth-order valence-electron chi connectivity index (χ4n) is 1.06. The van der Waals surface area contributed by atoms with Gasteiger partial charge in [-0.1, -0.05) is 0 Å². The number of carbonyl (C=O) groups excluding carboxylic acids is 1. The van der Waals surface area contributed by atoms with Crippen molar-refractivity contribution in [2.24, 2.45) is 5.92 Å². The Labute approximate surface area is 89.3 Å². The number of hydrogen-bond donors (Lipinski definition) is 0. The van der Waals surface area contributed by atoms with Gasteiger partial charge in [-0.15, -0.1) is 0 Å². The second-order valence-electron chi connectivity index (χ2n) is 3.35. The molecule has 0 N–H and O–H groups in total. The molecule has 0 aliphatic rings. The summed E-state index contributed by atoms with van der Waals surface area (Å²) in [5.74, 6) is 0.741. The summed E-state index contributed by atoms with van der Waals surface area (Å²) in [6.45, 7) is 2.38. The van der Waals surface area contributed by atoms with E-state index in [0.29, 0.717) is 18.6 Å². The monoisotopic (exact) mass is 203 g/mol. The molecular formula is C12H13NO2. The first-order valence-corrected chi connectivity index (χ1v) is 4.84. The number of hydrogen-bond acceptors (Lipinski definition) is 3. The predicted octanol–water partition coefficient (Wildman–Crippen LogP) is 2.43. The number of ether oxygens (including phenoxy) is 1. The molecule has 1 unspecified atom stereocenters. The highest BCUT2D eigenvalue weighted by atomic mass is 16.5. The van der Waals surface area contributed by atoms with Gasteiger partial charge >= 0.3 is 0 Å². The quantitative estimate of drug-likeness (QED) is 0.690. The molecule has 0 heterocycles. The van der Waals surface area contributed by atoms with Crippen LogP contribution in [0.1, 0.15) is 23.7 Å². The topological polar surface area (TPSA) is 50.1 Å². The van der Waals surface area contributed by atoms with Gasteiger partial charge in [0.05, 0.1) is 12.7 Å². The molecule has 0 fully saturated rings. The lowest BCUT2D eigenvalue weighted by molar-refractivity contribution is 0.112. The Hall–Kier alpha value is -1.82. The third-order valence-electron chi connectivity index (χ3n) is 2.06. The second-order valence-corrected chi connectivity index (χ2v) is 3.35. The fourth-order valence-corrected chi connectivity index (χ4v) is 1.06. The van der Waals surface area contributed by atoms with E-state index in [2.05, 4.69) is 6.07 Å². The van der Waals surface area contributed by atoms with E-state index in [1.165, 1.54) is 0 Å². The number of nitriles is 1. The molecular weight excluding hydrogens is 190 g/mol. The van der Waals surface area contributed by atoms with Gasteiger partial charge in [-0.3, -0.25) is 4.79 Å². The van der Waals surface area contributed by atoms with Crippen LogP contribution in [0.4, 0.5) is 0 Å². The second kappa shape index (κ2) is 5.82. The number of nitrogens with zero attached hydrogens (tertiary/aromatic N) is 1. The molecule has 1 aromatic carbocycles. The van der Waals surface area contributed by atoms with Crippen molar-refractivity contribution in [1.82, 2.24) is 0 Å². The molecule has 3 nitrogen and oxygen atoms in total. The molecule has 1 aromatic rings. The van der Waals surface area contributed by atoms with E-state index >= 15 is 0 Å². The Morgan fingerprint density at radius 1 is 1.47 bits per heavy atom. The highest BCUT2D eigenvalue weighted by molar-refractivity contribution is 5.74. The molecule has 0 spiro atoms. The van der Waals surface area contributed by atoms with Crippen LogP contribution >= 0.6 is 0 Å². The van der Waals surface area contributed by atoms with Crippen LogP contribution < -0.4 is 4.74 Å². The largest absolute Gasteiger partial charge is 0.494 e. The zero-order chi connectivity index (χ0) is 11.1. The Balaban J connectivity index is 2.38. The summed E-state index contributed by atoms with van der Waals surface area (Å²) in [5.41, 5.74) is 0.632. The van der Waals surface area contributed by atoms with Crippen molar-refractivity contribution in [3.8, 4) is 11.8 Å². The van der Waals surface area contributed by atoms with Gasteiger partial charge < -0.3 is 4.74 Å². The summed E-state index contributed by atoms with van der Waals surface area (Å²) in [6, 6.07) is 9.05. The summed E-state index contributed by atoms with van der Waals surface area (Å²) in [7, 11) is 0. The van der Waals surface area contributed by atoms with Gasteiger partial charge in [0, 0.05) is 11.5 Å². The minimum Gasteiger partial charge on any atom is -0.494 e. The maximum absolute atomic E-state index is 10.4. The lowest BCUT2D eigenvalue weighted by Crippen LogP contribution is -2.02. The van der Waals surface area contributed by atoms with Crippen molar-refractivity contribution < 1.29 is 9.53 Å². The maximum atomic E-state index is 10.4. The van der Waals surface area contributed by atoms with Crippen LogP contribution in [0.15, 0.2) is 24.3 Å². The van der Waals surface area contributed by atoms with Gasteiger partial charge in [0.15, 0.2) is 0 Å². The Kier molecular flexibility index (Phi) is 4.36. The molecule has 0 aliphatic carbocycles. The Morgan fingerprint density at radius 3 is 2.67 bits per heavy atom. The van der Waals surface area contributed by atoms with Gasteiger partial charge in [0.25, 0.3) is 0 Å². The zero-order valence-electron chi connectivity index (χ0n) is 8.64. The molecule has 0 aliphatic heterocycles. The molecule has 0 amide bonds. The average Bonchev–Trinajstić information content (AvgIpc) is 2.29. The van der Waals surface area contributed by atoms with E-state index in [9.17, 15) is 4.79 Å². The van der Waals surface area contributed by atoms with Gasteiger partial charge in [0.2, 0.25) is 0 Å².